The Bertz CT molecular complexity index is 1300. The highest BCUT2D eigenvalue weighted by molar-refractivity contribution is 8.00. The molecule has 1 amide bonds. The number of ether oxygens (including phenoxy) is 1. The highest BCUT2D eigenvalue weighted by atomic mass is 32.2. The van der Waals surface area contributed by atoms with Crippen LogP contribution >= 0.6 is 11.8 Å². The van der Waals surface area contributed by atoms with Crippen molar-refractivity contribution in [1.82, 2.24) is 9.80 Å². The third kappa shape index (κ3) is 5.55. The van der Waals surface area contributed by atoms with Crippen molar-refractivity contribution in [3.63, 3.8) is 0 Å². The molecule has 0 spiro atoms. The summed E-state index contributed by atoms with van der Waals surface area (Å²) in [4.78, 5) is 21.2. The van der Waals surface area contributed by atoms with Crippen LogP contribution in [0.5, 0.6) is 0 Å². The van der Waals surface area contributed by atoms with Crippen molar-refractivity contribution in [3.8, 4) is 6.07 Å². The average Bonchev–Trinajstić information content (AvgIpc) is 3.80. The van der Waals surface area contributed by atoms with Gasteiger partial charge in [-0.15, -0.1) is 11.8 Å². The fourth-order valence-electron chi connectivity index (χ4n) is 9.29. The Morgan fingerprint density at radius 3 is 2.40 bits per heavy atom. The molecule has 43 heavy (non-hydrogen) atoms. The lowest BCUT2D eigenvalue weighted by Gasteiger charge is -2.48. The van der Waals surface area contributed by atoms with Gasteiger partial charge in [0.1, 0.15) is 5.41 Å². The van der Waals surface area contributed by atoms with E-state index in [-0.39, 0.29) is 18.1 Å². The third-order valence-corrected chi connectivity index (χ3v) is 12.9. The Labute approximate surface area is 261 Å². The van der Waals surface area contributed by atoms with Gasteiger partial charge in [-0.3, -0.25) is 0 Å². The molecule has 7 heteroatoms. The van der Waals surface area contributed by atoms with Crippen LogP contribution in [0.1, 0.15) is 56.9 Å². The number of carbonyl (C=O) groups excluding carboxylic acids is 1. The number of amides is 1. The molecule has 228 valence electrons. The molecule has 5 atom stereocenters. The van der Waals surface area contributed by atoms with Crippen molar-refractivity contribution in [2.45, 2.75) is 73.0 Å². The van der Waals surface area contributed by atoms with Crippen LogP contribution < -0.4 is 4.90 Å². The van der Waals surface area contributed by atoms with Crippen LogP contribution in [0.3, 0.4) is 0 Å². The summed E-state index contributed by atoms with van der Waals surface area (Å²) in [6.07, 6.45) is 9.24. The number of hydrogen-bond donors (Lipinski definition) is 0. The zero-order valence-electron chi connectivity index (χ0n) is 25.6. The van der Waals surface area contributed by atoms with Crippen molar-refractivity contribution in [1.29, 1.82) is 5.26 Å². The summed E-state index contributed by atoms with van der Waals surface area (Å²) in [6, 6.07) is 22.3. The first-order valence-electron chi connectivity index (χ1n) is 16.6. The molecule has 0 radical (unpaired) electrons. The summed E-state index contributed by atoms with van der Waals surface area (Å²) in [7, 11) is 1.45. The minimum absolute atomic E-state index is 0.151. The highest BCUT2D eigenvalue weighted by Crippen LogP contribution is 2.51. The molecule has 2 aromatic carbocycles. The van der Waals surface area contributed by atoms with Crippen molar-refractivity contribution in [2.75, 3.05) is 51.3 Å². The number of piperidine rings is 1. The Morgan fingerprint density at radius 1 is 0.977 bits per heavy atom. The number of nitriles is 1. The molecular formula is C36H46N4O2S. The molecule has 3 saturated heterocycles. The van der Waals surface area contributed by atoms with Crippen molar-refractivity contribution < 1.29 is 9.53 Å². The molecule has 5 fully saturated rings. The van der Waals surface area contributed by atoms with Crippen LogP contribution in [0, 0.1) is 35.0 Å². The van der Waals surface area contributed by atoms with Crippen LogP contribution in [-0.4, -0.2) is 73.6 Å². The predicted molar refractivity (Wildman–Crippen MR) is 172 cm³/mol. The maximum Gasteiger partial charge on any atom is 0.409 e. The molecular weight excluding hydrogens is 552 g/mol. The van der Waals surface area contributed by atoms with E-state index in [1.165, 1.54) is 43.4 Å². The standard InChI is InChI=1S/C36H46N4O2S/c1-42-35(41)40-17-5-8-34(40)36(25-37,29-6-3-2-4-7-29)30-15-18-38(19-16-30)22-27-23-39(24-27)31-11-13-32(14-12-31)43-33-21-26-9-10-28(33)20-26/h2-4,6-7,11-14,26-28,30,33-34H,5,8-10,15-24H2,1H3. The number of thioether (sulfide) groups is 1. The second kappa shape index (κ2) is 12.4. The first-order chi connectivity index (χ1) is 21.1. The van der Waals surface area contributed by atoms with Crippen LogP contribution in [0.25, 0.3) is 0 Å². The van der Waals surface area contributed by atoms with Crippen molar-refractivity contribution in [2.24, 2.45) is 23.7 Å². The number of hydrogen-bond acceptors (Lipinski definition) is 6. The first kappa shape index (κ1) is 29.0. The number of carbonyl (C=O) groups is 1. The maximum absolute atomic E-state index is 12.7. The molecule has 2 bridgehead atoms. The largest absolute Gasteiger partial charge is 0.453 e. The topological polar surface area (TPSA) is 59.8 Å². The summed E-state index contributed by atoms with van der Waals surface area (Å²) in [5, 5.41) is 11.7. The van der Waals surface area contributed by atoms with Gasteiger partial charge in [-0.25, -0.2) is 4.79 Å². The summed E-state index contributed by atoms with van der Waals surface area (Å²) in [5.41, 5.74) is 1.69. The lowest BCUT2D eigenvalue weighted by atomic mass is 9.62. The maximum atomic E-state index is 12.7. The number of likely N-dealkylation sites (tertiary alicyclic amines) is 2. The second-order valence-corrected chi connectivity index (χ2v) is 15.2. The van der Waals surface area contributed by atoms with E-state index >= 15 is 0 Å². The number of rotatable bonds is 8. The lowest BCUT2D eigenvalue weighted by molar-refractivity contribution is 0.0705. The van der Waals surface area contributed by atoms with E-state index in [4.69, 9.17) is 4.74 Å². The number of fused-ring (bicyclic) bond motifs is 2. The Balaban J connectivity index is 0.938. The third-order valence-electron chi connectivity index (χ3n) is 11.5. The molecule has 0 aromatic heterocycles. The van der Waals surface area contributed by atoms with E-state index in [9.17, 15) is 10.1 Å². The van der Waals surface area contributed by atoms with Crippen LogP contribution in [-0.2, 0) is 10.2 Å². The number of methoxy groups -OCH3 is 1. The van der Waals surface area contributed by atoms with Crippen molar-refractivity contribution >= 4 is 23.5 Å². The minimum Gasteiger partial charge on any atom is -0.453 e. The van der Waals surface area contributed by atoms with Gasteiger partial charge >= 0.3 is 6.09 Å². The molecule has 7 rings (SSSR count). The highest BCUT2D eigenvalue weighted by Gasteiger charge is 2.53. The van der Waals surface area contributed by atoms with E-state index in [1.54, 1.807) is 0 Å². The molecule has 2 aliphatic carbocycles. The fourth-order valence-corrected chi connectivity index (χ4v) is 10.7. The Hall–Kier alpha value is -2.69. The molecule has 6 nitrogen and oxygen atoms in total. The Morgan fingerprint density at radius 2 is 1.74 bits per heavy atom. The molecule has 3 heterocycles. The van der Waals surface area contributed by atoms with Gasteiger partial charge in [-0.1, -0.05) is 36.8 Å². The summed E-state index contributed by atoms with van der Waals surface area (Å²) in [6.45, 7) is 6.06. The van der Waals surface area contributed by atoms with Crippen molar-refractivity contribution in [3.05, 3.63) is 60.2 Å². The van der Waals surface area contributed by atoms with Gasteiger partial charge in [0.15, 0.2) is 0 Å². The van der Waals surface area contributed by atoms with E-state index in [2.05, 4.69) is 64.0 Å². The molecule has 2 saturated carbocycles. The average molecular weight is 599 g/mol. The normalized spacial score (nSPS) is 29.3. The zero-order valence-corrected chi connectivity index (χ0v) is 26.4. The van der Waals surface area contributed by atoms with Crippen LogP contribution in [0.2, 0.25) is 0 Å². The van der Waals surface area contributed by atoms with Gasteiger partial charge in [0.25, 0.3) is 0 Å². The number of anilines is 1. The van der Waals surface area contributed by atoms with Gasteiger partial charge in [-0.2, -0.15) is 5.26 Å². The summed E-state index contributed by atoms with van der Waals surface area (Å²) in [5.74, 6) is 2.87. The Kier molecular flexibility index (Phi) is 8.35. The minimum atomic E-state index is -0.715. The molecule has 5 aliphatic rings. The van der Waals surface area contributed by atoms with Gasteiger partial charge < -0.3 is 19.4 Å². The first-order valence-corrected chi connectivity index (χ1v) is 17.5. The molecule has 5 unspecified atom stereocenters. The van der Waals surface area contributed by atoms with Gasteiger partial charge in [-0.05, 0) is 106 Å². The van der Waals surface area contributed by atoms with E-state index in [0.29, 0.717) is 12.5 Å². The number of benzene rings is 2. The zero-order chi connectivity index (χ0) is 29.4. The summed E-state index contributed by atoms with van der Waals surface area (Å²) >= 11 is 2.13. The lowest BCUT2D eigenvalue weighted by Crippen LogP contribution is -2.56. The molecule has 2 aromatic rings. The van der Waals surface area contributed by atoms with E-state index < -0.39 is 5.41 Å². The fraction of sp³-hybridized carbons (Fsp3) is 0.611. The van der Waals surface area contributed by atoms with Gasteiger partial charge in [0.2, 0.25) is 0 Å². The quantitative estimate of drug-likeness (QED) is 0.333. The van der Waals surface area contributed by atoms with Crippen LogP contribution in [0.15, 0.2) is 59.5 Å². The SMILES string of the molecule is COC(=O)N1CCCC1C(C#N)(c1ccccc1)C1CCN(CC2CN(c3ccc(SC4CC5CCC4C5)cc3)C2)CC1. The molecule has 0 N–H and O–H groups in total. The monoisotopic (exact) mass is 598 g/mol. The van der Waals surface area contributed by atoms with E-state index in [1.807, 2.05) is 23.1 Å². The van der Waals surface area contributed by atoms with Crippen LogP contribution in [0.4, 0.5) is 10.5 Å². The molecule has 3 aliphatic heterocycles. The summed E-state index contributed by atoms with van der Waals surface area (Å²) < 4.78 is 5.15. The van der Waals surface area contributed by atoms with Gasteiger partial charge in [0, 0.05) is 47.9 Å². The number of nitrogens with zero attached hydrogens (tertiary/aromatic N) is 4. The smallest absolute Gasteiger partial charge is 0.409 e. The second-order valence-electron chi connectivity index (χ2n) is 13.8. The van der Waals surface area contributed by atoms with E-state index in [0.717, 1.165) is 81.1 Å². The van der Waals surface area contributed by atoms with Gasteiger partial charge in [0.05, 0.1) is 19.2 Å². The predicted octanol–water partition coefficient (Wildman–Crippen LogP) is 6.81.